The fourth-order valence-corrected chi connectivity index (χ4v) is 7.17. The molecule has 0 amide bonds. The Morgan fingerprint density at radius 3 is 2.45 bits per heavy atom. The number of anilines is 1. The van der Waals surface area contributed by atoms with E-state index in [9.17, 15) is 8.42 Å². The molecule has 9 heteroatoms. The van der Waals surface area contributed by atoms with Crippen LogP contribution < -0.4 is 9.64 Å². The molecule has 33 heavy (non-hydrogen) atoms. The van der Waals surface area contributed by atoms with Gasteiger partial charge in [0.15, 0.2) is 0 Å². The van der Waals surface area contributed by atoms with Gasteiger partial charge in [-0.05, 0) is 24.6 Å². The van der Waals surface area contributed by atoms with Crippen molar-refractivity contribution in [1.82, 2.24) is 9.21 Å². The van der Waals surface area contributed by atoms with Crippen molar-refractivity contribution >= 4 is 15.7 Å². The van der Waals surface area contributed by atoms with Crippen LogP contribution in [0.25, 0.3) is 0 Å². The molecule has 1 unspecified atom stereocenters. The smallest absolute Gasteiger partial charge is 0.245 e. The van der Waals surface area contributed by atoms with Crippen LogP contribution in [0.5, 0.6) is 5.75 Å². The number of piperazine rings is 1. The van der Waals surface area contributed by atoms with Gasteiger partial charge in [0.25, 0.3) is 0 Å². The van der Waals surface area contributed by atoms with Crippen LogP contribution in [0.1, 0.15) is 18.9 Å². The Morgan fingerprint density at radius 2 is 1.76 bits per heavy atom. The lowest BCUT2D eigenvalue weighted by atomic mass is 10.00. The largest absolute Gasteiger partial charge is 0.497 e. The van der Waals surface area contributed by atoms with Crippen LogP contribution in [0.15, 0.2) is 53.4 Å². The zero-order chi connectivity index (χ0) is 23.1. The monoisotopic (exact) mass is 473 g/mol. The Kier molecular flexibility index (Phi) is 6.09. The van der Waals surface area contributed by atoms with E-state index in [0.29, 0.717) is 44.8 Å². The number of benzene rings is 2. The molecule has 3 aliphatic heterocycles. The van der Waals surface area contributed by atoms with Crippen molar-refractivity contribution in [1.29, 1.82) is 0 Å². The minimum atomic E-state index is -3.68. The van der Waals surface area contributed by atoms with Crippen LogP contribution in [0.2, 0.25) is 0 Å². The molecule has 2 saturated heterocycles. The van der Waals surface area contributed by atoms with Crippen LogP contribution in [0.4, 0.5) is 5.69 Å². The lowest BCUT2D eigenvalue weighted by Crippen LogP contribution is -2.67. The number of sulfonamides is 1. The summed E-state index contributed by atoms with van der Waals surface area (Å²) in [5.74, 6) is -0.291. The Balaban J connectivity index is 1.49. The van der Waals surface area contributed by atoms with Gasteiger partial charge in [-0.15, -0.1) is 0 Å². The van der Waals surface area contributed by atoms with Gasteiger partial charge in [-0.25, -0.2) is 8.42 Å². The van der Waals surface area contributed by atoms with Gasteiger partial charge in [0, 0.05) is 50.0 Å². The normalized spacial score (nSPS) is 24.7. The quantitative estimate of drug-likeness (QED) is 0.661. The van der Waals surface area contributed by atoms with Gasteiger partial charge >= 0.3 is 0 Å². The van der Waals surface area contributed by atoms with Gasteiger partial charge in [0.05, 0.1) is 25.2 Å². The SMILES string of the molecule is CCCN1C(N2CCN(c3cccc(OC)c3)CC2)C2(OCCO2)c2ccccc2S1(=O)=O. The van der Waals surface area contributed by atoms with Gasteiger partial charge in [-0.2, -0.15) is 4.31 Å². The maximum absolute atomic E-state index is 13.7. The Morgan fingerprint density at radius 1 is 1.03 bits per heavy atom. The first-order chi connectivity index (χ1) is 16.0. The highest BCUT2D eigenvalue weighted by Crippen LogP contribution is 2.47. The Hall–Kier alpha value is -2.17. The molecule has 8 nitrogen and oxygen atoms in total. The molecule has 0 aliphatic carbocycles. The minimum absolute atomic E-state index is 0.284. The number of fused-ring (bicyclic) bond motifs is 2. The summed E-state index contributed by atoms with van der Waals surface area (Å²) in [7, 11) is -2.01. The molecule has 5 rings (SSSR count). The molecule has 2 aromatic rings. The van der Waals surface area contributed by atoms with E-state index in [4.69, 9.17) is 14.2 Å². The molecule has 3 aliphatic rings. The fraction of sp³-hybridized carbons (Fsp3) is 0.500. The van der Waals surface area contributed by atoms with Crippen LogP contribution in [0, 0.1) is 0 Å². The molecule has 3 heterocycles. The van der Waals surface area contributed by atoms with Crippen LogP contribution in [-0.4, -0.2) is 76.8 Å². The molecule has 0 N–H and O–H groups in total. The van der Waals surface area contributed by atoms with E-state index in [0.717, 1.165) is 24.5 Å². The second-order valence-electron chi connectivity index (χ2n) is 8.57. The lowest BCUT2D eigenvalue weighted by molar-refractivity contribution is -0.241. The van der Waals surface area contributed by atoms with E-state index in [1.807, 2.05) is 37.3 Å². The highest BCUT2D eigenvalue weighted by Gasteiger charge is 2.59. The van der Waals surface area contributed by atoms with Crippen molar-refractivity contribution in [3.05, 3.63) is 54.1 Å². The minimum Gasteiger partial charge on any atom is -0.497 e. The van der Waals surface area contributed by atoms with E-state index >= 15 is 0 Å². The first-order valence-electron chi connectivity index (χ1n) is 11.5. The second-order valence-corrected chi connectivity index (χ2v) is 10.4. The summed E-state index contributed by atoms with van der Waals surface area (Å²) in [6.45, 7) is 6.19. The Labute approximate surface area is 195 Å². The average molecular weight is 474 g/mol. The molecule has 1 atom stereocenters. The van der Waals surface area contributed by atoms with E-state index in [2.05, 4.69) is 15.9 Å². The number of hydrogen-bond donors (Lipinski definition) is 0. The molecule has 2 fully saturated rings. The van der Waals surface area contributed by atoms with Crippen molar-refractivity contribution in [2.24, 2.45) is 0 Å². The van der Waals surface area contributed by atoms with Gasteiger partial charge in [-0.3, -0.25) is 4.90 Å². The molecule has 2 aromatic carbocycles. The fourth-order valence-electron chi connectivity index (χ4n) is 5.22. The van der Waals surface area contributed by atoms with E-state index in [1.54, 1.807) is 23.5 Å². The second kappa shape index (κ2) is 8.88. The molecule has 0 aromatic heterocycles. The molecule has 0 bridgehead atoms. The zero-order valence-corrected chi connectivity index (χ0v) is 20.0. The number of methoxy groups -OCH3 is 1. The molecule has 0 radical (unpaired) electrons. The summed E-state index contributed by atoms with van der Waals surface area (Å²) < 4.78 is 47.0. The summed E-state index contributed by atoms with van der Waals surface area (Å²) >= 11 is 0. The first-order valence-corrected chi connectivity index (χ1v) is 13.0. The molecular formula is C24H31N3O5S. The summed E-state index contributed by atoms with van der Waals surface area (Å²) in [5.41, 5.74) is 1.71. The molecular weight excluding hydrogens is 442 g/mol. The third-order valence-electron chi connectivity index (χ3n) is 6.70. The van der Waals surface area contributed by atoms with Gasteiger partial charge in [0.1, 0.15) is 11.9 Å². The Bertz CT molecular complexity index is 1090. The molecule has 1 spiro atoms. The van der Waals surface area contributed by atoms with Crippen molar-refractivity contribution in [2.45, 2.75) is 30.2 Å². The lowest BCUT2D eigenvalue weighted by Gasteiger charge is -2.52. The number of nitrogens with zero attached hydrogens (tertiary/aromatic N) is 3. The van der Waals surface area contributed by atoms with E-state index in [-0.39, 0.29) is 4.90 Å². The van der Waals surface area contributed by atoms with Crippen molar-refractivity contribution < 1.29 is 22.6 Å². The van der Waals surface area contributed by atoms with E-state index in [1.165, 1.54) is 0 Å². The van der Waals surface area contributed by atoms with Gasteiger partial charge in [-0.1, -0.05) is 31.2 Å². The predicted octanol–water partition coefficient (Wildman–Crippen LogP) is 2.46. The van der Waals surface area contributed by atoms with Crippen LogP contribution >= 0.6 is 0 Å². The zero-order valence-electron chi connectivity index (χ0n) is 19.1. The standard InChI is InChI=1S/C24H31N3O5S/c1-3-11-27-23(26-14-12-25(13-15-26)19-7-6-8-20(18-19)30-2)24(31-16-17-32-24)21-9-4-5-10-22(21)33(27,28)29/h4-10,18,23H,3,11-17H2,1-2H3. The predicted molar refractivity (Wildman–Crippen MR) is 125 cm³/mol. The van der Waals surface area contributed by atoms with Crippen LogP contribution in [0.3, 0.4) is 0 Å². The number of hydrogen-bond acceptors (Lipinski definition) is 7. The highest BCUT2D eigenvalue weighted by atomic mass is 32.2. The summed E-state index contributed by atoms with van der Waals surface area (Å²) in [5, 5.41) is 0. The van der Waals surface area contributed by atoms with Crippen molar-refractivity contribution in [2.75, 3.05) is 57.9 Å². The summed E-state index contributed by atoms with van der Waals surface area (Å²) in [6, 6.07) is 15.1. The average Bonchev–Trinajstić information content (AvgIpc) is 3.34. The number of rotatable bonds is 5. The van der Waals surface area contributed by atoms with Gasteiger partial charge < -0.3 is 19.1 Å². The van der Waals surface area contributed by atoms with E-state index < -0.39 is 22.0 Å². The maximum atomic E-state index is 13.7. The van der Waals surface area contributed by atoms with Crippen LogP contribution in [-0.2, 0) is 25.3 Å². The van der Waals surface area contributed by atoms with Crippen molar-refractivity contribution in [3.8, 4) is 5.75 Å². The first kappa shape index (κ1) is 22.6. The third-order valence-corrected chi connectivity index (χ3v) is 8.61. The van der Waals surface area contributed by atoms with Gasteiger partial charge in [0.2, 0.25) is 15.8 Å². The third kappa shape index (κ3) is 3.72. The molecule has 0 saturated carbocycles. The summed E-state index contributed by atoms with van der Waals surface area (Å²) in [4.78, 5) is 4.80. The molecule has 178 valence electrons. The number of ether oxygens (including phenoxy) is 3. The summed E-state index contributed by atoms with van der Waals surface area (Å²) in [6.07, 6.45) is 0.157. The maximum Gasteiger partial charge on any atom is 0.245 e. The van der Waals surface area contributed by atoms with Crippen molar-refractivity contribution in [3.63, 3.8) is 0 Å². The topological polar surface area (TPSA) is 71.6 Å². The highest BCUT2D eigenvalue weighted by molar-refractivity contribution is 7.89.